The summed E-state index contributed by atoms with van der Waals surface area (Å²) in [7, 11) is 0. The van der Waals surface area contributed by atoms with Gasteiger partial charge in [-0.15, -0.1) is 0 Å². The van der Waals surface area contributed by atoms with E-state index in [4.69, 9.17) is 14.3 Å². The second-order valence-electron chi connectivity index (χ2n) is 3.77. The van der Waals surface area contributed by atoms with Gasteiger partial charge in [-0.3, -0.25) is 0 Å². The van der Waals surface area contributed by atoms with Gasteiger partial charge in [0.1, 0.15) is 5.75 Å². The normalized spacial score (nSPS) is 10.7. The molecule has 0 atom stereocenters. The first-order chi connectivity index (χ1) is 10.0. The third kappa shape index (κ3) is 3.28. The molecular weight excluding hydrogens is 288 g/mol. The number of carbonyl (C=O) groups is 1. The first-order valence-corrected chi connectivity index (χ1v) is 5.94. The largest absolute Gasteiger partial charge is 0.476 e. The van der Waals surface area contributed by atoms with Crippen LogP contribution in [0.4, 0.5) is 8.78 Å². The van der Waals surface area contributed by atoms with Gasteiger partial charge in [-0.05, 0) is 19.1 Å². The van der Waals surface area contributed by atoms with Crippen LogP contribution in [0.25, 0.3) is 11.5 Å². The van der Waals surface area contributed by atoms with Crippen LogP contribution in [0.5, 0.6) is 11.7 Å². The van der Waals surface area contributed by atoms with Crippen LogP contribution < -0.4 is 9.47 Å². The molecule has 0 spiro atoms. The van der Waals surface area contributed by atoms with Crippen LogP contribution in [-0.2, 0) is 0 Å². The van der Waals surface area contributed by atoms with Crippen molar-refractivity contribution in [2.24, 2.45) is 0 Å². The van der Waals surface area contributed by atoms with E-state index in [0.29, 0.717) is 0 Å². The van der Waals surface area contributed by atoms with Gasteiger partial charge < -0.3 is 19.0 Å². The number of oxazole rings is 1. The van der Waals surface area contributed by atoms with Gasteiger partial charge in [0.25, 0.3) is 0 Å². The highest BCUT2D eigenvalue weighted by Crippen LogP contribution is 2.34. The van der Waals surface area contributed by atoms with Crippen molar-refractivity contribution >= 4 is 5.97 Å². The minimum absolute atomic E-state index is 0.103. The van der Waals surface area contributed by atoms with Crippen molar-refractivity contribution in [2.45, 2.75) is 13.5 Å². The number of hydrogen-bond donors (Lipinski definition) is 1. The van der Waals surface area contributed by atoms with Crippen molar-refractivity contribution in [3.8, 4) is 23.1 Å². The molecule has 6 nitrogen and oxygen atoms in total. The standard InChI is InChI=1S/C13H11F2NO5/c1-2-19-12-9(11(17)18)16-10(21-12)7-5-3-4-6-8(7)20-13(14)15/h3-6,13H,2H2,1H3,(H,17,18). The van der Waals surface area contributed by atoms with Crippen molar-refractivity contribution < 1.29 is 32.6 Å². The summed E-state index contributed by atoms with van der Waals surface area (Å²) in [5, 5.41) is 9.01. The van der Waals surface area contributed by atoms with Crippen molar-refractivity contribution in [3.05, 3.63) is 30.0 Å². The first-order valence-electron chi connectivity index (χ1n) is 5.94. The number of benzene rings is 1. The molecule has 1 N–H and O–H groups in total. The van der Waals surface area contributed by atoms with Gasteiger partial charge in [0.05, 0.1) is 12.2 Å². The Labute approximate surface area is 117 Å². The summed E-state index contributed by atoms with van der Waals surface area (Å²) >= 11 is 0. The lowest BCUT2D eigenvalue weighted by atomic mass is 10.2. The molecule has 2 aromatic rings. The maximum Gasteiger partial charge on any atom is 0.387 e. The van der Waals surface area contributed by atoms with Gasteiger partial charge in [-0.25, -0.2) is 4.79 Å². The summed E-state index contributed by atoms with van der Waals surface area (Å²) in [6.07, 6.45) is 0. The zero-order valence-corrected chi connectivity index (χ0v) is 10.9. The lowest BCUT2D eigenvalue weighted by molar-refractivity contribution is -0.0495. The van der Waals surface area contributed by atoms with E-state index in [-0.39, 0.29) is 29.8 Å². The Balaban J connectivity index is 2.47. The molecule has 0 bridgehead atoms. The molecule has 0 aliphatic rings. The molecule has 112 valence electrons. The van der Waals surface area contributed by atoms with Crippen LogP contribution in [-0.4, -0.2) is 29.3 Å². The number of hydrogen-bond acceptors (Lipinski definition) is 5. The summed E-state index contributed by atoms with van der Waals surface area (Å²) in [4.78, 5) is 14.8. The summed E-state index contributed by atoms with van der Waals surface area (Å²) in [5.74, 6) is -1.98. The van der Waals surface area contributed by atoms with E-state index in [1.165, 1.54) is 18.2 Å². The molecule has 0 saturated heterocycles. The fraction of sp³-hybridized carbons (Fsp3) is 0.231. The van der Waals surface area contributed by atoms with Gasteiger partial charge in [-0.2, -0.15) is 13.8 Å². The fourth-order valence-electron chi connectivity index (χ4n) is 1.63. The Kier molecular flexibility index (Phi) is 4.36. The summed E-state index contributed by atoms with van der Waals surface area (Å²) in [6, 6.07) is 5.77. The predicted octanol–water partition coefficient (Wildman–Crippen LogP) is 3.04. The minimum atomic E-state index is -3.02. The number of rotatable bonds is 6. The zero-order chi connectivity index (χ0) is 15.4. The highest BCUT2D eigenvalue weighted by molar-refractivity contribution is 5.88. The SMILES string of the molecule is CCOc1oc(-c2ccccc2OC(F)F)nc1C(=O)O. The van der Waals surface area contributed by atoms with E-state index in [0.717, 1.165) is 0 Å². The fourth-order valence-corrected chi connectivity index (χ4v) is 1.63. The highest BCUT2D eigenvalue weighted by Gasteiger charge is 2.23. The molecule has 0 amide bonds. The maximum atomic E-state index is 12.4. The molecule has 0 saturated carbocycles. The molecule has 0 unspecified atom stereocenters. The number of carboxylic acid groups (broad SMARTS) is 1. The van der Waals surface area contributed by atoms with Crippen LogP contribution >= 0.6 is 0 Å². The monoisotopic (exact) mass is 299 g/mol. The molecule has 0 radical (unpaired) electrons. The second-order valence-corrected chi connectivity index (χ2v) is 3.77. The number of alkyl halides is 2. The van der Waals surface area contributed by atoms with Crippen molar-refractivity contribution in [1.82, 2.24) is 4.98 Å². The molecule has 1 aromatic carbocycles. The molecular formula is C13H11F2NO5. The summed E-state index contributed by atoms with van der Waals surface area (Å²) in [5.41, 5.74) is -0.329. The number of aromatic nitrogens is 1. The average molecular weight is 299 g/mol. The zero-order valence-electron chi connectivity index (χ0n) is 10.9. The van der Waals surface area contributed by atoms with E-state index < -0.39 is 18.3 Å². The van der Waals surface area contributed by atoms with E-state index in [1.807, 2.05) is 0 Å². The third-order valence-electron chi connectivity index (χ3n) is 2.41. The molecule has 21 heavy (non-hydrogen) atoms. The van der Waals surface area contributed by atoms with Crippen LogP contribution in [0.3, 0.4) is 0 Å². The van der Waals surface area contributed by atoms with Gasteiger partial charge in [0.15, 0.2) is 0 Å². The summed E-state index contributed by atoms with van der Waals surface area (Å²) < 4.78 is 39.3. The summed E-state index contributed by atoms with van der Waals surface area (Å²) in [6.45, 7) is -1.21. The molecule has 2 rings (SSSR count). The number of halogens is 2. The number of ether oxygens (including phenoxy) is 2. The van der Waals surface area contributed by atoms with E-state index >= 15 is 0 Å². The number of aromatic carboxylic acids is 1. The van der Waals surface area contributed by atoms with Gasteiger partial charge in [-0.1, -0.05) is 12.1 Å². The minimum Gasteiger partial charge on any atom is -0.476 e. The number of nitrogens with zero attached hydrogens (tertiary/aromatic N) is 1. The first kappa shape index (κ1) is 14.8. The van der Waals surface area contributed by atoms with Gasteiger partial charge in [0.2, 0.25) is 11.6 Å². The lowest BCUT2D eigenvalue weighted by Gasteiger charge is -2.07. The topological polar surface area (TPSA) is 81.8 Å². The van der Waals surface area contributed by atoms with E-state index in [1.54, 1.807) is 13.0 Å². The Morgan fingerprint density at radius 1 is 1.43 bits per heavy atom. The van der Waals surface area contributed by atoms with Crippen LogP contribution in [0.1, 0.15) is 17.4 Å². The van der Waals surface area contributed by atoms with Crippen LogP contribution in [0.15, 0.2) is 28.7 Å². The van der Waals surface area contributed by atoms with Crippen molar-refractivity contribution in [1.29, 1.82) is 0 Å². The molecule has 0 aliphatic heterocycles. The molecule has 0 aliphatic carbocycles. The average Bonchev–Trinajstić information content (AvgIpc) is 2.83. The van der Waals surface area contributed by atoms with Crippen LogP contribution in [0.2, 0.25) is 0 Å². The van der Waals surface area contributed by atoms with Crippen molar-refractivity contribution in [2.75, 3.05) is 6.61 Å². The maximum absolute atomic E-state index is 12.4. The highest BCUT2D eigenvalue weighted by atomic mass is 19.3. The number of para-hydroxylation sites is 1. The van der Waals surface area contributed by atoms with Crippen LogP contribution in [0, 0.1) is 0 Å². The van der Waals surface area contributed by atoms with Gasteiger partial charge in [0, 0.05) is 0 Å². The second kappa shape index (κ2) is 6.21. The smallest absolute Gasteiger partial charge is 0.387 e. The Hall–Kier alpha value is -2.64. The van der Waals surface area contributed by atoms with Gasteiger partial charge >= 0.3 is 18.5 Å². The Morgan fingerprint density at radius 2 is 2.14 bits per heavy atom. The quantitative estimate of drug-likeness (QED) is 0.882. The molecule has 0 fully saturated rings. The molecule has 1 aromatic heterocycles. The Morgan fingerprint density at radius 3 is 2.76 bits per heavy atom. The Bertz CT molecular complexity index is 641. The van der Waals surface area contributed by atoms with E-state index in [9.17, 15) is 13.6 Å². The molecule has 8 heteroatoms. The predicted molar refractivity (Wildman–Crippen MR) is 66.7 cm³/mol. The van der Waals surface area contributed by atoms with E-state index in [2.05, 4.69) is 9.72 Å². The lowest BCUT2D eigenvalue weighted by Crippen LogP contribution is -2.03. The molecule has 1 heterocycles. The van der Waals surface area contributed by atoms with Crippen molar-refractivity contribution in [3.63, 3.8) is 0 Å². The third-order valence-corrected chi connectivity index (χ3v) is 2.41. The number of carboxylic acids is 1.